The molecule has 4 heteroatoms. The van der Waals surface area contributed by atoms with Gasteiger partial charge in [-0.1, -0.05) is 62.3 Å². The van der Waals surface area contributed by atoms with Gasteiger partial charge in [-0.3, -0.25) is 0 Å². The summed E-state index contributed by atoms with van der Waals surface area (Å²) in [5.41, 5.74) is 3.20. The summed E-state index contributed by atoms with van der Waals surface area (Å²) in [5, 5.41) is 1.50. The maximum absolute atomic E-state index is 12.4. The van der Waals surface area contributed by atoms with Crippen LogP contribution in [0.15, 0.2) is 60.7 Å². The average molecular weight is 451 g/mol. The summed E-state index contributed by atoms with van der Waals surface area (Å²) in [6, 6.07) is 18.4. The number of hydrogen-bond acceptors (Lipinski definition) is 1. The Morgan fingerprint density at radius 2 is 1.45 bits per heavy atom. The molecule has 3 aromatic carbocycles. The lowest BCUT2D eigenvalue weighted by atomic mass is 9.77. The van der Waals surface area contributed by atoms with Crippen LogP contribution in [-0.2, 0) is 0 Å². The maximum Gasteiger partial charge on any atom is 0.573 e. The van der Waals surface area contributed by atoms with Crippen molar-refractivity contribution in [2.75, 3.05) is 0 Å². The van der Waals surface area contributed by atoms with E-state index in [1.165, 1.54) is 62.6 Å². The molecule has 0 atom stereocenters. The van der Waals surface area contributed by atoms with Gasteiger partial charge in [0.1, 0.15) is 5.75 Å². The van der Waals surface area contributed by atoms with Crippen molar-refractivity contribution in [2.45, 2.75) is 64.1 Å². The van der Waals surface area contributed by atoms with E-state index in [2.05, 4.69) is 47.8 Å². The summed E-state index contributed by atoms with van der Waals surface area (Å²) in [6.45, 7) is 2.27. The monoisotopic (exact) mass is 450 g/mol. The summed E-state index contributed by atoms with van der Waals surface area (Å²) in [6.07, 6.45) is 4.60. The first-order valence-corrected chi connectivity index (χ1v) is 11.8. The average Bonchev–Trinajstić information content (AvgIpc) is 2.81. The minimum atomic E-state index is -4.69. The van der Waals surface area contributed by atoms with Crippen LogP contribution in [0.4, 0.5) is 13.2 Å². The van der Waals surface area contributed by atoms with Crippen LogP contribution in [-0.4, -0.2) is 6.36 Å². The van der Waals surface area contributed by atoms with Crippen molar-refractivity contribution in [1.29, 1.82) is 0 Å². The second kappa shape index (κ2) is 10.3. The Morgan fingerprint density at radius 3 is 2.15 bits per heavy atom. The highest BCUT2D eigenvalue weighted by Crippen LogP contribution is 2.37. The number of alkyl halides is 3. The van der Waals surface area contributed by atoms with Crippen LogP contribution in [0.2, 0.25) is 0 Å². The number of halogens is 3. The van der Waals surface area contributed by atoms with Crippen LogP contribution in [0.25, 0.3) is 10.8 Å². The first-order valence-electron chi connectivity index (χ1n) is 11.8. The molecule has 0 aromatic heterocycles. The minimum absolute atomic E-state index is 0.219. The fourth-order valence-electron chi connectivity index (χ4n) is 4.76. The molecule has 3 aromatic rings. The van der Waals surface area contributed by atoms with E-state index in [1.54, 1.807) is 12.1 Å². The molecule has 0 spiro atoms. The van der Waals surface area contributed by atoms with E-state index in [1.807, 2.05) is 12.1 Å². The van der Waals surface area contributed by atoms with Gasteiger partial charge in [0.15, 0.2) is 0 Å². The number of rotatable bonds is 5. The molecule has 172 valence electrons. The van der Waals surface area contributed by atoms with Crippen molar-refractivity contribution in [3.05, 3.63) is 77.4 Å². The third-order valence-corrected chi connectivity index (χ3v) is 6.59. The lowest BCUT2D eigenvalue weighted by Crippen LogP contribution is -2.16. The molecule has 33 heavy (non-hydrogen) atoms. The van der Waals surface area contributed by atoms with Crippen molar-refractivity contribution >= 4 is 10.8 Å². The van der Waals surface area contributed by atoms with E-state index < -0.39 is 6.36 Å². The Kier molecular flexibility index (Phi) is 7.28. The Morgan fingerprint density at radius 1 is 0.818 bits per heavy atom. The Bertz CT molecular complexity index is 1130. The highest BCUT2D eigenvalue weighted by Gasteiger charge is 2.31. The summed E-state index contributed by atoms with van der Waals surface area (Å²) >= 11 is 0. The molecule has 0 heterocycles. The molecule has 1 nitrogen and oxygen atoms in total. The van der Waals surface area contributed by atoms with Gasteiger partial charge in [-0.2, -0.15) is 0 Å². The van der Waals surface area contributed by atoms with Crippen LogP contribution in [0, 0.1) is 17.8 Å². The van der Waals surface area contributed by atoms with Gasteiger partial charge in [0.2, 0.25) is 0 Å². The van der Waals surface area contributed by atoms with Gasteiger partial charge in [-0.15, -0.1) is 13.2 Å². The van der Waals surface area contributed by atoms with E-state index in [4.69, 9.17) is 0 Å². The zero-order valence-electron chi connectivity index (χ0n) is 18.9. The van der Waals surface area contributed by atoms with Crippen LogP contribution < -0.4 is 4.74 Å². The van der Waals surface area contributed by atoms with Crippen molar-refractivity contribution in [3.8, 4) is 17.6 Å². The molecular weight excluding hydrogens is 421 g/mol. The fraction of sp³-hybridized carbons (Fsp3) is 0.379. The molecule has 0 N–H and O–H groups in total. The first kappa shape index (κ1) is 23.2. The molecule has 0 aliphatic heterocycles. The number of unbranched alkanes of at least 4 members (excludes halogenated alkanes) is 1. The third-order valence-electron chi connectivity index (χ3n) is 6.59. The largest absolute Gasteiger partial charge is 0.573 e. The van der Waals surface area contributed by atoms with Crippen LogP contribution in [0.3, 0.4) is 0 Å². The summed E-state index contributed by atoms with van der Waals surface area (Å²) in [5.74, 6) is 7.73. The highest BCUT2D eigenvalue weighted by molar-refractivity contribution is 5.85. The second-order valence-corrected chi connectivity index (χ2v) is 9.00. The van der Waals surface area contributed by atoms with Crippen molar-refractivity contribution in [3.63, 3.8) is 0 Å². The summed E-state index contributed by atoms with van der Waals surface area (Å²) in [7, 11) is 0. The van der Waals surface area contributed by atoms with E-state index in [0.29, 0.717) is 11.3 Å². The molecule has 1 fully saturated rings. The van der Waals surface area contributed by atoms with Gasteiger partial charge in [0.05, 0.1) is 0 Å². The molecule has 1 aliphatic carbocycles. The standard InChI is InChI=1S/C29H29F3O/c1-2-3-4-21-7-12-24(13-8-21)25-14-9-22(10-15-25)5-6-23-11-16-27-20-28(33-29(30,31)32)18-17-26(27)19-23/h9-11,14-21,24H,2-4,7-8,12-13H2,1H3/t21-,24-. The highest BCUT2D eigenvalue weighted by atomic mass is 19.4. The second-order valence-electron chi connectivity index (χ2n) is 9.00. The summed E-state index contributed by atoms with van der Waals surface area (Å²) < 4.78 is 41.2. The molecule has 4 rings (SSSR count). The molecule has 0 radical (unpaired) electrons. The maximum atomic E-state index is 12.4. The molecular formula is C29H29F3O. The zero-order valence-corrected chi connectivity index (χ0v) is 18.9. The Labute approximate surface area is 194 Å². The molecule has 0 amide bonds. The van der Waals surface area contributed by atoms with Gasteiger partial charge < -0.3 is 4.74 Å². The molecule has 0 bridgehead atoms. The number of hydrogen-bond donors (Lipinski definition) is 0. The van der Waals surface area contributed by atoms with E-state index in [0.717, 1.165) is 22.4 Å². The molecule has 1 saturated carbocycles. The molecule has 0 unspecified atom stereocenters. The molecule has 1 aliphatic rings. The SMILES string of the molecule is CCCC[C@H]1CC[C@H](c2ccc(C#Cc3ccc4cc(OC(F)(F)F)ccc4c3)cc2)CC1. The Hall–Kier alpha value is -2.93. The minimum Gasteiger partial charge on any atom is -0.406 e. The van der Waals surface area contributed by atoms with Crippen molar-refractivity contribution < 1.29 is 17.9 Å². The fourth-order valence-corrected chi connectivity index (χ4v) is 4.76. The Balaban J connectivity index is 1.39. The lowest BCUT2D eigenvalue weighted by Gasteiger charge is -2.28. The summed E-state index contributed by atoms with van der Waals surface area (Å²) in [4.78, 5) is 0. The van der Waals surface area contributed by atoms with E-state index in [9.17, 15) is 13.2 Å². The van der Waals surface area contributed by atoms with Crippen molar-refractivity contribution in [2.24, 2.45) is 5.92 Å². The predicted octanol–water partition coefficient (Wildman–Crippen LogP) is 8.60. The lowest BCUT2D eigenvalue weighted by molar-refractivity contribution is -0.274. The van der Waals surface area contributed by atoms with Crippen LogP contribution in [0.1, 0.15) is 74.5 Å². The normalized spacial score (nSPS) is 18.5. The predicted molar refractivity (Wildman–Crippen MR) is 127 cm³/mol. The smallest absolute Gasteiger partial charge is 0.406 e. The van der Waals surface area contributed by atoms with Crippen LogP contribution in [0.5, 0.6) is 5.75 Å². The van der Waals surface area contributed by atoms with Crippen LogP contribution >= 0.6 is 0 Å². The van der Waals surface area contributed by atoms with Gasteiger partial charge in [0, 0.05) is 11.1 Å². The van der Waals surface area contributed by atoms with Gasteiger partial charge in [0.25, 0.3) is 0 Å². The zero-order chi connectivity index (χ0) is 23.3. The third kappa shape index (κ3) is 6.54. The molecule has 0 saturated heterocycles. The topological polar surface area (TPSA) is 9.23 Å². The number of fused-ring (bicyclic) bond motifs is 1. The van der Waals surface area contributed by atoms with Crippen molar-refractivity contribution in [1.82, 2.24) is 0 Å². The van der Waals surface area contributed by atoms with Gasteiger partial charge in [-0.05, 0) is 90.3 Å². The number of benzene rings is 3. The van der Waals surface area contributed by atoms with Gasteiger partial charge >= 0.3 is 6.36 Å². The van der Waals surface area contributed by atoms with E-state index in [-0.39, 0.29) is 5.75 Å². The first-order chi connectivity index (χ1) is 15.9. The van der Waals surface area contributed by atoms with Gasteiger partial charge in [-0.25, -0.2) is 0 Å². The van der Waals surface area contributed by atoms with E-state index >= 15 is 0 Å². The number of ether oxygens (including phenoxy) is 1. The quantitative estimate of drug-likeness (QED) is 0.354.